The maximum atomic E-state index is 5.20. The molecule has 0 amide bonds. The predicted molar refractivity (Wildman–Crippen MR) is 111 cm³/mol. The van der Waals surface area contributed by atoms with Crippen molar-refractivity contribution in [1.29, 1.82) is 0 Å². The first kappa shape index (κ1) is 18.0. The number of pyridine rings is 1. The summed E-state index contributed by atoms with van der Waals surface area (Å²) in [7, 11) is 0. The Balaban J connectivity index is 1.46. The summed E-state index contributed by atoms with van der Waals surface area (Å²) in [4.78, 5) is 19.9. The third-order valence-corrected chi connectivity index (χ3v) is 6.83. The molecule has 2 aromatic heterocycles. The zero-order chi connectivity index (χ0) is 18.9. The first-order valence-corrected chi connectivity index (χ1v) is 11.1. The fourth-order valence-electron chi connectivity index (χ4n) is 5.44. The molecule has 1 saturated heterocycles. The number of likely N-dealkylation sites (tertiary alicyclic amines) is 1. The minimum absolute atomic E-state index is 0.408. The smallest absolute Gasteiger partial charge is 0.148 e. The summed E-state index contributed by atoms with van der Waals surface area (Å²) in [6.07, 6.45) is 12.1. The molecule has 0 radical (unpaired) electrons. The minimum atomic E-state index is 0.408. The maximum Gasteiger partial charge on any atom is 0.148 e. The molecule has 1 saturated carbocycles. The van der Waals surface area contributed by atoms with Crippen LogP contribution in [0.2, 0.25) is 0 Å². The largest absolute Gasteiger partial charge is 0.350 e. The number of aromatic nitrogens is 3. The highest BCUT2D eigenvalue weighted by atomic mass is 15.3. The van der Waals surface area contributed by atoms with Crippen LogP contribution in [0.4, 0.5) is 5.82 Å². The van der Waals surface area contributed by atoms with Crippen LogP contribution in [0.25, 0.3) is 0 Å². The van der Waals surface area contributed by atoms with Gasteiger partial charge in [-0.2, -0.15) is 0 Å². The van der Waals surface area contributed by atoms with Crippen LogP contribution in [0.15, 0.2) is 24.4 Å². The van der Waals surface area contributed by atoms with Gasteiger partial charge >= 0.3 is 0 Å². The number of anilines is 1. The number of aryl methyl sites for hydroxylation is 1. The summed E-state index contributed by atoms with van der Waals surface area (Å²) < 4.78 is 0. The summed E-state index contributed by atoms with van der Waals surface area (Å²) in [5.41, 5.74) is 3.64. The summed E-state index contributed by atoms with van der Waals surface area (Å²) in [6.45, 7) is 5.28. The molecule has 2 fully saturated rings. The van der Waals surface area contributed by atoms with Crippen LogP contribution in [-0.4, -0.2) is 39.0 Å². The molecule has 2 aromatic rings. The molecule has 4 heterocycles. The lowest BCUT2D eigenvalue weighted by molar-refractivity contribution is 0.176. The summed E-state index contributed by atoms with van der Waals surface area (Å²) in [6, 6.07) is 7.32. The van der Waals surface area contributed by atoms with E-state index in [-0.39, 0.29) is 0 Å². The van der Waals surface area contributed by atoms with E-state index in [1.807, 2.05) is 12.3 Å². The SMILES string of the molecule is Cc1nc(C2CCCN2C2CCCC2)nc2c1CCCN2Cc1ccccn1. The van der Waals surface area contributed by atoms with Crippen molar-refractivity contribution in [3.63, 3.8) is 0 Å². The van der Waals surface area contributed by atoms with Gasteiger partial charge in [0, 0.05) is 30.0 Å². The summed E-state index contributed by atoms with van der Waals surface area (Å²) >= 11 is 0. The van der Waals surface area contributed by atoms with Gasteiger partial charge in [0.05, 0.1) is 18.3 Å². The van der Waals surface area contributed by atoms with Gasteiger partial charge in [0.15, 0.2) is 0 Å². The van der Waals surface area contributed by atoms with Crippen LogP contribution in [-0.2, 0) is 13.0 Å². The Hall–Kier alpha value is -2.01. The average molecular weight is 378 g/mol. The molecular weight excluding hydrogens is 346 g/mol. The number of hydrogen-bond donors (Lipinski definition) is 0. The minimum Gasteiger partial charge on any atom is -0.350 e. The van der Waals surface area contributed by atoms with Gasteiger partial charge in [-0.15, -0.1) is 0 Å². The molecule has 2 aliphatic heterocycles. The van der Waals surface area contributed by atoms with Gasteiger partial charge in [-0.1, -0.05) is 18.9 Å². The second-order valence-corrected chi connectivity index (χ2v) is 8.65. The van der Waals surface area contributed by atoms with E-state index in [4.69, 9.17) is 9.97 Å². The van der Waals surface area contributed by atoms with E-state index in [2.05, 4.69) is 33.8 Å². The zero-order valence-corrected chi connectivity index (χ0v) is 17.0. The van der Waals surface area contributed by atoms with Gasteiger partial charge in [0.2, 0.25) is 0 Å². The Bertz CT molecular complexity index is 815. The number of hydrogen-bond acceptors (Lipinski definition) is 5. The first-order valence-electron chi connectivity index (χ1n) is 11.1. The standard InChI is InChI=1S/C23H31N5/c1-17-20-11-6-14-27(16-18-8-4-5-13-24-18)23(20)26-22(25-17)21-12-7-15-28(21)19-9-2-3-10-19/h4-5,8,13,19,21H,2-3,6-7,9-12,14-16H2,1H3. The highest BCUT2D eigenvalue weighted by Gasteiger charge is 2.36. The van der Waals surface area contributed by atoms with E-state index in [0.717, 1.165) is 42.9 Å². The van der Waals surface area contributed by atoms with Gasteiger partial charge in [-0.3, -0.25) is 9.88 Å². The lowest BCUT2D eigenvalue weighted by Crippen LogP contribution is -2.35. The molecule has 5 rings (SSSR count). The Morgan fingerprint density at radius 2 is 1.89 bits per heavy atom. The van der Waals surface area contributed by atoms with Crippen LogP contribution in [0, 0.1) is 6.92 Å². The molecule has 0 spiro atoms. The normalized spacial score (nSPS) is 23.3. The van der Waals surface area contributed by atoms with Crippen LogP contribution < -0.4 is 4.90 Å². The Morgan fingerprint density at radius 3 is 2.71 bits per heavy atom. The van der Waals surface area contributed by atoms with Gasteiger partial charge in [0.1, 0.15) is 11.6 Å². The number of fused-ring (bicyclic) bond motifs is 1. The molecule has 28 heavy (non-hydrogen) atoms. The van der Waals surface area contributed by atoms with Crippen LogP contribution in [0.3, 0.4) is 0 Å². The number of rotatable bonds is 4. The topological polar surface area (TPSA) is 45.2 Å². The van der Waals surface area contributed by atoms with Crippen LogP contribution >= 0.6 is 0 Å². The van der Waals surface area contributed by atoms with Crippen molar-refractivity contribution in [2.75, 3.05) is 18.0 Å². The quantitative estimate of drug-likeness (QED) is 0.798. The van der Waals surface area contributed by atoms with Crippen LogP contribution in [0.5, 0.6) is 0 Å². The molecule has 5 nitrogen and oxygen atoms in total. The van der Waals surface area contributed by atoms with Crippen molar-refractivity contribution in [2.45, 2.75) is 76.9 Å². The van der Waals surface area contributed by atoms with E-state index in [1.165, 1.54) is 62.7 Å². The average Bonchev–Trinajstić information content (AvgIpc) is 3.41. The van der Waals surface area contributed by atoms with Crippen molar-refractivity contribution in [2.24, 2.45) is 0 Å². The monoisotopic (exact) mass is 377 g/mol. The van der Waals surface area contributed by atoms with E-state index in [1.54, 1.807) is 0 Å². The Kier molecular flexibility index (Phi) is 5.02. The third-order valence-electron chi connectivity index (χ3n) is 6.83. The third kappa shape index (κ3) is 3.41. The predicted octanol–water partition coefficient (Wildman–Crippen LogP) is 4.21. The summed E-state index contributed by atoms with van der Waals surface area (Å²) in [5.74, 6) is 2.23. The molecule has 1 atom stereocenters. The Labute approximate surface area is 168 Å². The zero-order valence-electron chi connectivity index (χ0n) is 17.0. The molecular formula is C23H31N5. The molecule has 3 aliphatic rings. The molecule has 0 bridgehead atoms. The van der Waals surface area contributed by atoms with E-state index < -0.39 is 0 Å². The van der Waals surface area contributed by atoms with E-state index in [9.17, 15) is 0 Å². The fourth-order valence-corrected chi connectivity index (χ4v) is 5.44. The first-order chi connectivity index (χ1) is 13.8. The molecule has 1 aliphatic carbocycles. The van der Waals surface area contributed by atoms with Gasteiger partial charge < -0.3 is 4.90 Å². The van der Waals surface area contributed by atoms with E-state index in [0.29, 0.717) is 6.04 Å². The molecule has 0 aromatic carbocycles. The van der Waals surface area contributed by atoms with Crippen LogP contribution in [0.1, 0.15) is 73.8 Å². The van der Waals surface area contributed by atoms with Crippen molar-refractivity contribution in [1.82, 2.24) is 19.9 Å². The van der Waals surface area contributed by atoms with E-state index >= 15 is 0 Å². The maximum absolute atomic E-state index is 5.20. The Morgan fingerprint density at radius 1 is 1.00 bits per heavy atom. The molecule has 1 unspecified atom stereocenters. The van der Waals surface area contributed by atoms with Gasteiger partial charge in [-0.25, -0.2) is 9.97 Å². The molecule has 0 N–H and O–H groups in total. The van der Waals surface area contributed by atoms with Crippen molar-refractivity contribution < 1.29 is 0 Å². The summed E-state index contributed by atoms with van der Waals surface area (Å²) in [5, 5.41) is 0. The van der Waals surface area contributed by atoms with Gasteiger partial charge in [-0.05, 0) is 64.1 Å². The second-order valence-electron chi connectivity index (χ2n) is 8.65. The highest BCUT2D eigenvalue weighted by Crippen LogP contribution is 2.38. The molecule has 5 heteroatoms. The van der Waals surface area contributed by atoms with Gasteiger partial charge in [0.25, 0.3) is 0 Å². The van der Waals surface area contributed by atoms with Crippen molar-refractivity contribution in [3.05, 3.63) is 47.2 Å². The fraction of sp³-hybridized carbons (Fsp3) is 0.609. The lowest BCUT2D eigenvalue weighted by Gasteiger charge is -2.33. The van der Waals surface area contributed by atoms with Crippen molar-refractivity contribution >= 4 is 5.82 Å². The number of nitrogens with zero attached hydrogens (tertiary/aromatic N) is 5. The second kappa shape index (κ2) is 7.78. The van der Waals surface area contributed by atoms with Crippen molar-refractivity contribution in [3.8, 4) is 0 Å². The molecule has 148 valence electrons. The lowest BCUT2D eigenvalue weighted by atomic mass is 10.0. The highest BCUT2D eigenvalue weighted by molar-refractivity contribution is 5.51.